The number of imidazole rings is 1. The first kappa shape index (κ1) is 14.5. The molecule has 110 valence electrons. The molecule has 0 spiro atoms. The highest BCUT2D eigenvalue weighted by atomic mass is 16.4. The highest BCUT2D eigenvalue weighted by Crippen LogP contribution is 2.05. The third-order valence-electron chi connectivity index (χ3n) is 2.79. The van der Waals surface area contributed by atoms with Gasteiger partial charge in [-0.25, -0.2) is 9.78 Å². The number of nitrogens with two attached hydrogens (primary N) is 1. The van der Waals surface area contributed by atoms with Gasteiger partial charge in [0.1, 0.15) is 11.7 Å². The second-order valence-electron chi connectivity index (χ2n) is 4.50. The first-order valence-corrected chi connectivity index (χ1v) is 6.19. The molecule has 2 aromatic rings. The van der Waals surface area contributed by atoms with Crippen LogP contribution in [0.4, 0.5) is 0 Å². The van der Waals surface area contributed by atoms with Crippen LogP contribution in [0.15, 0.2) is 30.6 Å². The van der Waals surface area contributed by atoms with E-state index in [-0.39, 0.29) is 6.42 Å². The largest absolute Gasteiger partial charge is 0.480 e. The molecule has 0 saturated heterocycles. The van der Waals surface area contributed by atoms with Crippen molar-refractivity contribution in [2.24, 2.45) is 5.73 Å². The summed E-state index contributed by atoms with van der Waals surface area (Å²) in [7, 11) is 0. The Morgan fingerprint density at radius 2 is 2.14 bits per heavy atom. The number of pyridine rings is 1. The lowest BCUT2D eigenvalue weighted by atomic mass is 10.2. The molecule has 0 aromatic carbocycles. The number of fused-ring (bicyclic) bond motifs is 1. The van der Waals surface area contributed by atoms with Crippen LogP contribution in [0.2, 0.25) is 0 Å². The molecule has 0 aliphatic carbocycles. The first-order chi connectivity index (χ1) is 9.95. The molecule has 21 heavy (non-hydrogen) atoms. The molecular weight excluding hydrogens is 276 g/mol. The predicted octanol–water partition coefficient (Wildman–Crippen LogP) is -0.678. The molecule has 8 nitrogen and oxygen atoms in total. The van der Waals surface area contributed by atoms with Crippen molar-refractivity contribution < 1.29 is 19.5 Å². The number of carbonyl (C=O) groups is 3. The Balaban J connectivity index is 2.03. The molecule has 2 rings (SSSR count). The second kappa shape index (κ2) is 6.04. The molecule has 2 amide bonds. The number of nitrogens with zero attached hydrogens (tertiary/aromatic N) is 2. The molecule has 4 N–H and O–H groups in total. The topological polar surface area (TPSA) is 127 Å². The van der Waals surface area contributed by atoms with E-state index < -0.39 is 30.2 Å². The van der Waals surface area contributed by atoms with Gasteiger partial charge in [0, 0.05) is 12.4 Å². The van der Waals surface area contributed by atoms with E-state index in [9.17, 15) is 14.4 Å². The zero-order valence-corrected chi connectivity index (χ0v) is 11.0. The Kier molecular flexibility index (Phi) is 4.17. The van der Waals surface area contributed by atoms with E-state index in [1.165, 1.54) is 0 Å². The fraction of sp³-hybridized carbons (Fsp3) is 0.231. The average Bonchev–Trinajstić information content (AvgIpc) is 2.79. The summed E-state index contributed by atoms with van der Waals surface area (Å²) in [5, 5.41) is 11.2. The summed E-state index contributed by atoms with van der Waals surface area (Å²) in [4.78, 5) is 37.7. The maximum Gasteiger partial charge on any atom is 0.326 e. The van der Waals surface area contributed by atoms with Gasteiger partial charge in [-0.05, 0) is 12.1 Å². The van der Waals surface area contributed by atoms with Crippen molar-refractivity contribution in [1.82, 2.24) is 14.7 Å². The highest BCUT2D eigenvalue weighted by Gasteiger charge is 2.22. The van der Waals surface area contributed by atoms with Crippen LogP contribution in [0.5, 0.6) is 0 Å². The van der Waals surface area contributed by atoms with Crippen LogP contribution in [-0.4, -0.2) is 38.3 Å². The van der Waals surface area contributed by atoms with Crippen molar-refractivity contribution in [2.75, 3.05) is 0 Å². The van der Waals surface area contributed by atoms with Crippen LogP contribution in [0.1, 0.15) is 12.1 Å². The number of nitrogens with one attached hydrogen (secondary N) is 1. The maximum atomic E-state index is 11.8. The highest BCUT2D eigenvalue weighted by molar-refractivity contribution is 5.88. The molecule has 0 aliphatic rings. The molecule has 0 bridgehead atoms. The van der Waals surface area contributed by atoms with Gasteiger partial charge in [0.05, 0.1) is 18.5 Å². The summed E-state index contributed by atoms with van der Waals surface area (Å²) in [5.74, 6) is -2.64. The van der Waals surface area contributed by atoms with Gasteiger partial charge >= 0.3 is 5.97 Å². The summed E-state index contributed by atoms with van der Waals surface area (Å²) in [6.07, 6.45) is 2.94. The standard InChI is InChI=1S/C13H14N4O4/c14-10(18)6-9(13(20)21)16-12(19)5-8-7-17-4-2-1-3-11(17)15-8/h1-4,7,9H,5-6H2,(H2,14,18)(H,16,19)(H,20,21)/t9-/m1/s1. The number of rotatable bonds is 6. The van der Waals surface area contributed by atoms with Crippen molar-refractivity contribution in [3.8, 4) is 0 Å². The average molecular weight is 290 g/mol. The lowest BCUT2D eigenvalue weighted by Gasteiger charge is -2.11. The SMILES string of the molecule is NC(=O)C[C@@H](NC(=O)Cc1cn2ccccc2n1)C(=O)O. The molecule has 2 aromatic heterocycles. The van der Waals surface area contributed by atoms with Crippen molar-refractivity contribution in [3.05, 3.63) is 36.3 Å². The number of carboxylic acids is 1. The van der Waals surface area contributed by atoms with Crippen molar-refractivity contribution in [2.45, 2.75) is 18.9 Å². The van der Waals surface area contributed by atoms with Crippen molar-refractivity contribution in [3.63, 3.8) is 0 Å². The summed E-state index contributed by atoms with van der Waals surface area (Å²) in [6.45, 7) is 0. The van der Waals surface area contributed by atoms with Crippen LogP contribution in [-0.2, 0) is 20.8 Å². The quantitative estimate of drug-likeness (QED) is 0.649. The van der Waals surface area contributed by atoms with E-state index in [1.807, 2.05) is 12.1 Å². The molecule has 0 fully saturated rings. The third-order valence-corrected chi connectivity index (χ3v) is 2.79. The number of hydrogen-bond acceptors (Lipinski definition) is 4. The minimum absolute atomic E-state index is 0.0791. The zero-order valence-electron chi connectivity index (χ0n) is 11.0. The Labute approximate surface area is 119 Å². The lowest BCUT2D eigenvalue weighted by molar-refractivity contribution is -0.143. The van der Waals surface area contributed by atoms with Crippen LogP contribution in [0.25, 0.3) is 5.65 Å². The summed E-state index contributed by atoms with van der Waals surface area (Å²) >= 11 is 0. The van der Waals surface area contributed by atoms with Gasteiger partial charge < -0.3 is 20.6 Å². The summed E-state index contributed by atoms with van der Waals surface area (Å²) in [6, 6.07) is 4.10. The second-order valence-corrected chi connectivity index (χ2v) is 4.50. The van der Waals surface area contributed by atoms with E-state index in [1.54, 1.807) is 22.9 Å². The minimum Gasteiger partial charge on any atom is -0.480 e. The number of carboxylic acid groups (broad SMARTS) is 1. The van der Waals surface area contributed by atoms with Crippen molar-refractivity contribution in [1.29, 1.82) is 0 Å². The van der Waals surface area contributed by atoms with E-state index >= 15 is 0 Å². The van der Waals surface area contributed by atoms with E-state index in [2.05, 4.69) is 10.3 Å². The lowest BCUT2D eigenvalue weighted by Crippen LogP contribution is -2.43. The van der Waals surface area contributed by atoms with Crippen LogP contribution >= 0.6 is 0 Å². The van der Waals surface area contributed by atoms with Gasteiger partial charge in [-0.3, -0.25) is 9.59 Å². The first-order valence-electron chi connectivity index (χ1n) is 6.19. The fourth-order valence-electron chi connectivity index (χ4n) is 1.88. The molecular formula is C13H14N4O4. The number of hydrogen-bond donors (Lipinski definition) is 3. The summed E-state index contributed by atoms with van der Waals surface area (Å²) < 4.78 is 1.75. The number of carbonyl (C=O) groups excluding carboxylic acids is 2. The van der Waals surface area contributed by atoms with Gasteiger partial charge in [-0.15, -0.1) is 0 Å². The number of amides is 2. The van der Waals surface area contributed by atoms with Crippen LogP contribution < -0.4 is 11.1 Å². The molecule has 0 aliphatic heterocycles. The van der Waals surface area contributed by atoms with Gasteiger partial charge in [0.25, 0.3) is 0 Å². The Bertz CT molecular complexity index is 661. The monoisotopic (exact) mass is 290 g/mol. The number of primary amides is 1. The molecule has 1 atom stereocenters. The smallest absolute Gasteiger partial charge is 0.326 e. The van der Waals surface area contributed by atoms with Gasteiger partial charge in [-0.1, -0.05) is 6.07 Å². The van der Waals surface area contributed by atoms with Crippen LogP contribution in [0, 0.1) is 0 Å². The number of aliphatic carboxylic acids is 1. The molecule has 0 unspecified atom stereocenters. The number of aromatic nitrogens is 2. The normalized spacial score (nSPS) is 12.0. The zero-order chi connectivity index (χ0) is 15.4. The van der Waals surface area contributed by atoms with E-state index in [0.717, 1.165) is 0 Å². The predicted molar refractivity (Wildman–Crippen MR) is 72.3 cm³/mol. The van der Waals surface area contributed by atoms with Crippen LogP contribution in [0.3, 0.4) is 0 Å². The van der Waals surface area contributed by atoms with Crippen molar-refractivity contribution >= 4 is 23.4 Å². The molecule has 0 saturated carbocycles. The maximum absolute atomic E-state index is 11.8. The third kappa shape index (κ3) is 3.78. The fourth-order valence-corrected chi connectivity index (χ4v) is 1.88. The Morgan fingerprint density at radius 3 is 2.76 bits per heavy atom. The summed E-state index contributed by atoms with van der Waals surface area (Å²) in [5.41, 5.74) is 6.13. The Hall–Kier alpha value is -2.90. The minimum atomic E-state index is -1.33. The molecule has 0 radical (unpaired) electrons. The molecule has 2 heterocycles. The van der Waals surface area contributed by atoms with E-state index in [4.69, 9.17) is 10.8 Å². The van der Waals surface area contributed by atoms with Gasteiger partial charge in [-0.2, -0.15) is 0 Å². The van der Waals surface area contributed by atoms with Gasteiger partial charge in [0.2, 0.25) is 11.8 Å². The van der Waals surface area contributed by atoms with E-state index in [0.29, 0.717) is 11.3 Å². The van der Waals surface area contributed by atoms with Gasteiger partial charge in [0.15, 0.2) is 0 Å². The Morgan fingerprint density at radius 1 is 1.38 bits per heavy atom. The molecule has 8 heteroatoms.